The van der Waals surface area contributed by atoms with E-state index in [0.29, 0.717) is 16.6 Å². The number of aromatic nitrogens is 1. The first-order valence-electron chi connectivity index (χ1n) is 8.79. The molecule has 0 N–H and O–H groups in total. The molecule has 0 saturated heterocycles. The fraction of sp³-hybridized carbons (Fsp3) is 0.136. The molecule has 0 saturated carbocycles. The van der Waals surface area contributed by atoms with Crippen molar-refractivity contribution in [3.8, 4) is 17.6 Å². The number of amides is 1. The minimum absolute atomic E-state index is 0.0662. The van der Waals surface area contributed by atoms with Crippen molar-refractivity contribution in [1.29, 1.82) is 5.26 Å². The number of thiazole rings is 1. The maximum atomic E-state index is 13.0. The predicted octanol–water partition coefficient (Wildman–Crippen LogP) is 4.74. The van der Waals surface area contributed by atoms with Gasteiger partial charge in [-0.2, -0.15) is 5.26 Å². The van der Waals surface area contributed by atoms with Gasteiger partial charge in [-0.3, -0.25) is 9.69 Å². The first kappa shape index (κ1) is 20.1. The van der Waals surface area contributed by atoms with Crippen LogP contribution in [-0.4, -0.2) is 24.6 Å². The molecule has 0 aliphatic carbocycles. The van der Waals surface area contributed by atoms with E-state index in [9.17, 15) is 4.79 Å². The minimum Gasteiger partial charge on any atom is -0.493 e. The van der Waals surface area contributed by atoms with E-state index in [1.807, 2.05) is 48.7 Å². The molecule has 7 heteroatoms. The summed E-state index contributed by atoms with van der Waals surface area (Å²) in [6.45, 7) is 1.83. The summed E-state index contributed by atoms with van der Waals surface area (Å²) in [4.78, 5) is 19.0. The number of nitriles is 1. The van der Waals surface area contributed by atoms with Gasteiger partial charge in [-0.1, -0.05) is 24.3 Å². The number of carbonyl (C=O) groups is 1. The van der Waals surface area contributed by atoms with E-state index >= 15 is 0 Å². The Balaban J connectivity index is 1.86. The number of hydrogen-bond acceptors (Lipinski definition) is 6. The van der Waals surface area contributed by atoms with Crippen molar-refractivity contribution in [1.82, 2.24) is 4.98 Å². The Hall–Kier alpha value is -3.63. The van der Waals surface area contributed by atoms with Crippen LogP contribution in [0.1, 0.15) is 11.3 Å². The molecule has 1 heterocycles. The van der Waals surface area contributed by atoms with Crippen LogP contribution in [0.4, 0.5) is 10.8 Å². The molecule has 0 spiro atoms. The van der Waals surface area contributed by atoms with E-state index in [1.165, 1.54) is 24.5 Å². The van der Waals surface area contributed by atoms with E-state index in [-0.39, 0.29) is 12.5 Å². The quantitative estimate of drug-likeness (QED) is 0.531. The highest BCUT2D eigenvalue weighted by molar-refractivity contribution is 7.14. The number of nitrogens with zero attached hydrogens (tertiary/aromatic N) is 3. The summed E-state index contributed by atoms with van der Waals surface area (Å²) in [6, 6.07) is 16.6. The molecule has 3 rings (SSSR count). The number of carbonyl (C=O) groups excluding carboxylic acids is 1. The molecule has 146 valence electrons. The van der Waals surface area contributed by atoms with Gasteiger partial charge >= 0.3 is 0 Å². The molecule has 1 aromatic heterocycles. The molecule has 2 aromatic carbocycles. The van der Waals surface area contributed by atoms with Crippen LogP contribution in [-0.2, 0) is 4.79 Å². The van der Waals surface area contributed by atoms with Crippen molar-refractivity contribution >= 4 is 34.1 Å². The standard InChI is InChI=1S/C22H19N3O3S/c1-16-15-29-22(24-16)25(18-6-4-3-5-7-18)21(26)11-9-17-8-10-19(28-13-12-23)20(14-17)27-2/h3-11,14-15H,13H2,1-2H3/b11-9+. The monoisotopic (exact) mass is 405 g/mol. The van der Waals surface area contributed by atoms with Gasteiger partial charge in [0.15, 0.2) is 23.2 Å². The third-order valence-electron chi connectivity index (χ3n) is 3.93. The highest BCUT2D eigenvalue weighted by Crippen LogP contribution is 2.30. The summed E-state index contributed by atoms with van der Waals surface area (Å²) in [7, 11) is 1.52. The number of hydrogen-bond donors (Lipinski definition) is 0. The zero-order chi connectivity index (χ0) is 20.6. The Labute approximate surface area is 173 Å². The number of benzene rings is 2. The highest BCUT2D eigenvalue weighted by Gasteiger charge is 2.18. The van der Waals surface area contributed by atoms with Gasteiger partial charge in [0, 0.05) is 11.5 Å². The molecule has 3 aromatic rings. The number of ether oxygens (including phenoxy) is 2. The van der Waals surface area contributed by atoms with Gasteiger partial charge in [-0.05, 0) is 42.8 Å². The third kappa shape index (κ3) is 5.00. The molecule has 29 heavy (non-hydrogen) atoms. The van der Waals surface area contributed by atoms with Crippen LogP contribution in [0.5, 0.6) is 11.5 Å². The molecule has 0 atom stereocenters. The third-order valence-corrected chi connectivity index (χ3v) is 4.87. The lowest BCUT2D eigenvalue weighted by Gasteiger charge is -2.18. The highest BCUT2D eigenvalue weighted by atomic mass is 32.1. The Bertz CT molecular complexity index is 1050. The lowest BCUT2D eigenvalue weighted by Crippen LogP contribution is -2.23. The molecule has 0 aliphatic rings. The summed E-state index contributed by atoms with van der Waals surface area (Å²) in [5, 5.41) is 11.2. The summed E-state index contributed by atoms with van der Waals surface area (Å²) in [6.07, 6.45) is 3.20. The van der Waals surface area contributed by atoms with Crippen molar-refractivity contribution in [3.05, 3.63) is 71.2 Å². The second-order valence-electron chi connectivity index (χ2n) is 5.97. The molecule has 1 amide bonds. The average molecular weight is 405 g/mol. The van der Waals surface area contributed by atoms with Crippen LogP contribution in [0.15, 0.2) is 60.0 Å². The predicted molar refractivity (Wildman–Crippen MR) is 114 cm³/mol. The normalized spacial score (nSPS) is 10.5. The summed E-state index contributed by atoms with van der Waals surface area (Å²) in [5.41, 5.74) is 2.37. The van der Waals surface area contributed by atoms with Gasteiger partial charge < -0.3 is 9.47 Å². The van der Waals surface area contributed by atoms with Gasteiger partial charge in [0.05, 0.1) is 18.5 Å². The average Bonchev–Trinajstić information content (AvgIpc) is 3.17. The van der Waals surface area contributed by atoms with Crippen molar-refractivity contribution in [2.24, 2.45) is 0 Å². The van der Waals surface area contributed by atoms with Crippen LogP contribution in [0.2, 0.25) is 0 Å². The Morgan fingerprint density at radius 2 is 2.03 bits per heavy atom. The van der Waals surface area contributed by atoms with Gasteiger partial charge in [-0.25, -0.2) is 4.98 Å². The maximum Gasteiger partial charge on any atom is 0.257 e. The van der Waals surface area contributed by atoms with Crippen molar-refractivity contribution in [2.45, 2.75) is 6.92 Å². The second kappa shape index (κ2) is 9.53. The summed E-state index contributed by atoms with van der Waals surface area (Å²) >= 11 is 1.42. The van der Waals surface area contributed by atoms with Gasteiger partial charge in [-0.15, -0.1) is 11.3 Å². The SMILES string of the molecule is COc1cc(/C=C/C(=O)N(c2ccccc2)c2nc(C)cs2)ccc1OCC#N. The van der Waals surface area contributed by atoms with Crippen molar-refractivity contribution in [2.75, 3.05) is 18.6 Å². The van der Waals surface area contributed by atoms with E-state index in [0.717, 1.165) is 16.9 Å². The number of rotatable bonds is 7. The lowest BCUT2D eigenvalue weighted by molar-refractivity contribution is -0.113. The molecular weight excluding hydrogens is 386 g/mol. The Morgan fingerprint density at radius 1 is 1.24 bits per heavy atom. The van der Waals surface area contributed by atoms with Crippen LogP contribution in [0, 0.1) is 18.3 Å². The summed E-state index contributed by atoms with van der Waals surface area (Å²) in [5.74, 6) is 0.751. The molecule has 6 nitrogen and oxygen atoms in total. The topological polar surface area (TPSA) is 75.4 Å². The van der Waals surface area contributed by atoms with E-state index in [2.05, 4.69) is 4.98 Å². The van der Waals surface area contributed by atoms with Crippen LogP contribution in [0.3, 0.4) is 0 Å². The smallest absolute Gasteiger partial charge is 0.257 e. The second-order valence-corrected chi connectivity index (χ2v) is 6.81. The van der Waals surface area contributed by atoms with Gasteiger partial charge in [0.1, 0.15) is 6.07 Å². The van der Waals surface area contributed by atoms with E-state index in [1.54, 1.807) is 29.2 Å². The zero-order valence-corrected chi connectivity index (χ0v) is 16.8. The Kier molecular flexibility index (Phi) is 6.61. The molecule has 0 aliphatic heterocycles. The van der Waals surface area contributed by atoms with E-state index in [4.69, 9.17) is 14.7 Å². The lowest BCUT2D eigenvalue weighted by atomic mass is 10.2. The molecule has 0 unspecified atom stereocenters. The fourth-order valence-corrected chi connectivity index (χ4v) is 3.44. The Morgan fingerprint density at radius 3 is 2.69 bits per heavy atom. The molecular formula is C22H19N3O3S. The number of para-hydroxylation sites is 1. The number of methoxy groups -OCH3 is 1. The van der Waals surface area contributed by atoms with Crippen LogP contribution >= 0.6 is 11.3 Å². The first-order valence-corrected chi connectivity index (χ1v) is 9.67. The first-order chi connectivity index (χ1) is 14.1. The van der Waals surface area contributed by atoms with Crippen LogP contribution in [0.25, 0.3) is 6.08 Å². The van der Waals surface area contributed by atoms with Crippen molar-refractivity contribution < 1.29 is 14.3 Å². The molecule has 0 radical (unpaired) electrons. The molecule has 0 bridgehead atoms. The van der Waals surface area contributed by atoms with Gasteiger partial charge in [0.25, 0.3) is 5.91 Å². The summed E-state index contributed by atoms with van der Waals surface area (Å²) < 4.78 is 10.6. The van der Waals surface area contributed by atoms with Crippen LogP contribution < -0.4 is 14.4 Å². The number of anilines is 2. The molecule has 0 fully saturated rings. The largest absolute Gasteiger partial charge is 0.493 e. The van der Waals surface area contributed by atoms with E-state index < -0.39 is 0 Å². The number of aryl methyl sites for hydroxylation is 1. The minimum atomic E-state index is -0.214. The zero-order valence-electron chi connectivity index (χ0n) is 16.0. The van der Waals surface area contributed by atoms with Crippen molar-refractivity contribution in [3.63, 3.8) is 0 Å². The van der Waals surface area contributed by atoms with Gasteiger partial charge in [0.2, 0.25) is 0 Å². The fourth-order valence-electron chi connectivity index (χ4n) is 2.61. The maximum absolute atomic E-state index is 13.0.